The zero-order chi connectivity index (χ0) is 20.5. The number of carbonyl (C=O) groups excluding carboxylic acids is 1. The molecule has 1 fully saturated rings. The van der Waals surface area contributed by atoms with Gasteiger partial charge in [0.2, 0.25) is 11.0 Å². The van der Waals surface area contributed by atoms with Crippen LogP contribution in [0.4, 0.5) is 5.13 Å². The number of anilines is 1. The predicted molar refractivity (Wildman–Crippen MR) is 120 cm³/mol. The third kappa shape index (κ3) is 4.60. The van der Waals surface area contributed by atoms with E-state index >= 15 is 0 Å². The molecule has 150 valence electrons. The topological polar surface area (TPSA) is 55.3 Å². The summed E-state index contributed by atoms with van der Waals surface area (Å²) in [5, 5.41) is 11.0. The average Bonchev–Trinajstić information content (AvgIpc) is 3.29. The number of benzene rings is 2. The minimum Gasteiger partial charge on any atom is -0.485 e. The molecule has 0 spiro atoms. The summed E-state index contributed by atoms with van der Waals surface area (Å²) in [7, 11) is 0. The van der Waals surface area contributed by atoms with Gasteiger partial charge in [-0.3, -0.25) is 9.69 Å². The molecule has 1 atom stereocenters. The van der Waals surface area contributed by atoms with Gasteiger partial charge in [-0.2, -0.15) is 0 Å². The number of ether oxygens (including phenoxy) is 1. The minimum atomic E-state index is -0.246. The Morgan fingerprint density at radius 2 is 1.86 bits per heavy atom. The van der Waals surface area contributed by atoms with Gasteiger partial charge in [-0.05, 0) is 35.9 Å². The van der Waals surface area contributed by atoms with Crippen LogP contribution in [-0.4, -0.2) is 21.9 Å². The van der Waals surface area contributed by atoms with E-state index in [1.807, 2.05) is 6.07 Å². The smallest absolute Gasteiger partial charge is 0.240 e. The van der Waals surface area contributed by atoms with Crippen molar-refractivity contribution in [1.29, 1.82) is 0 Å². The van der Waals surface area contributed by atoms with Gasteiger partial charge >= 0.3 is 0 Å². The number of hydrogen-bond acceptors (Lipinski definition) is 6. The highest BCUT2D eigenvalue weighted by Gasteiger charge is 2.36. The van der Waals surface area contributed by atoms with E-state index in [2.05, 4.69) is 10.2 Å². The maximum absolute atomic E-state index is 12.5. The summed E-state index contributed by atoms with van der Waals surface area (Å²) < 4.78 is 5.70. The molecule has 1 aliphatic rings. The maximum Gasteiger partial charge on any atom is 0.240 e. The van der Waals surface area contributed by atoms with Crippen molar-refractivity contribution < 1.29 is 9.53 Å². The summed E-state index contributed by atoms with van der Waals surface area (Å²) in [6.07, 6.45) is 0. The Morgan fingerprint density at radius 3 is 2.62 bits per heavy atom. The van der Waals surface area contributed by atoms with Crippen LogP contribution in [0.3, 0.4) is 0 Å². The van der Waals surface area contributed by atoms with Crippen molar-refractivity contribution in [1.82, 2.24) is 10.2 Å². The molecule has 1 saturated heterocycles. The second-order valence-corrected chi connectivity index (χ2v) is 9.71. The van der Waals surface area contributed by atoms with Gasteiger partial charge in [0.25, 0.3) is 0 Å². The van der Waals surface area contributed by atoms with E-state index in [0.29, 0.717) is 41.7 Å². The monoisotopic (exact) mass is 505 g/mol. The molecule has 0 N–H and O–H groups in total. The standard InChI is InChI=1S/C18H11Cl4N3O2S2/c19-10-2-4-14(13(22)6-10)27-7-15-23-24-18(29-15)25-16(26)8-28-17(25)9-1-3-11(20)12(21)5-9/h1-6,17H,7-8H2. The molecule has 0 saturated carbocycles. The Kier molecular flexibility index (Phi) is 6.44. The molecule has 3 aromatic rings. The van der Waals surface area contributed by atoms with E-state index in [4.69, 9.17) is 51.1 Å². The normalized spacial score (nSPS) is 16.5. The molecule has 2 heterocycles. The van der Waals surface area contributed by atoms with Crippen molar-refractivity contribution in [2.24, 2.45) is 0 Å². The third-order valence-electron chi connectivity index (χ3n) is 4.00. The third-order valence-corrected chi connectivity index (χ3v) is 7.38. The first-order valence-electron chi connectivity index (χ1n) is 8.21. The predicted octanol–water partition coefficient (Wildman–Crippen LogP) is 6.51. The second-order valence-electron chi connectivity index (χ2n) is 5.94. The summed E-state index contributed by atoms with van der Waals surface area (Å²) >= 11 is 26.9. The van der Waals surface area contributed by atoms with Crippen LogP contribution in [0.1, 0.15) is 15.9 Å². The van der Waals surface area contributed by atoms with Gasteiger partial charge in [0.05, 0.1) is 20.8 Å². The molecule has 11 heteroatoms. The molecule has 29 heavy (non-hydrogen) atoms. The Balaban J connectivity index is 1.52. The first-order valence-corrected chi connectivity index (χ1v) is 11.6. The lowest BCUT2D eigenvalue weighted by Crippen LogP contribution is -2.27. The lowest BCUT2D eigenvalue weighted by molar-refractivity contribution is -0.115. The van der Waals surface area contributed by atoms with Gasteiger partial charge in [-0.25, -0.2) is 0 Å². The zero-order valence-corrected chi connectivity index (χ0v) is 19.1. The molecule has 1 aromatic heterocycles. The molecule has 1 aliphatic heterocycles. The fraction of sp³-hybridized carbons (Fsp3) is 0.167. The van der Waals surface area contributed by atoms with Crippen LogP contribution in [0.2, 0.25) is 20.1 Å². The SMILES string of the molecule is O=C1CSC(c2ccc(Cl)c(Cl)c2)N1c1nnc(COc2ccc(Cl)cc2Cl)s1. The van der Waals surface area contributed by atoms with Gasteiger partial charge in [-0.15, -0.1) is 22.0 Å². The number of aromatic nitrogens is 2. The highest BCUT2D eigenvalue weighted by atomic mass is 35.5. The van der Waals surface area contributed by atoms with Gasteiger partial charge in [0.15, 0.2) is 5.01 Å². The maximum atomic E-state index is 12.5. The lowest BCUT2D eigenvalue weighted by atomic mass is 10.2. The number of amides is 1. The fourth-order valence-electron chi connectivity index (χ4n) is 2.68. The first kappa shape index (κ1) is 21.0. The molecular weight excluding hydrogens is 496 g/mol. The highest BCUT2D eigenvalue weighted by Crippen LogP contribution is 2.43. The quantitative estimate of drug-likeness (QED) is 0.394. The Hall–Kier alpha value is -1.22. The average molecular weight is 507 g/mol. The minimum absolute atomic E-state index is 0.0459. The molecule has 1 amide bonds. The fourth-order valence-corrected chi connectivity index (χ4v) is 5.45. The van der Waals surface area contributed by atoms with Crippen LogP contribution < -0.4 is 9.64 Å². The van der Waals surface area contributed by atoms with Gasteiger partial charge < -0.3 is 4.74 Å². The summed E-state index contributed by atoms with van der Waals surface area (Å²) in [5.74, 6) is 0.793. The molecule has 4 rings (SSSR count). The van der Waals surface area contributed by atoms with E-state index in [-0.39, 0.29) is 17.9 Å². The number of hydrogen-bond donors (Lipinski definition) is 0. The van der Waals surface area contributed by atoms with Crippen molar-refractivity contribution in [2.75, 3.05) is 10.7 Å². The molecule has 5 nitrogen and oxygen atoms in total. The number of thioether (sulfide) groups is 1. The molecule has 2 aromatic carbocycles. The summed E-state index contributed by atoms with van der Waals surface area (Å²) in [6.45, 7) is 0.172. The van der Waals surface area contributed by atoms with E-state index in [1.54, 1.807) is 35.2 Å². The van der Waals surface area contributed by atoms with Gasteiger partial charge in [0.1, 0.15) is 17.7 Å². The Morgan fingerprint density at radius 1 is 1.03 bits per heavy atom. The van der Waals surface area contributed by atoms with Crippen LogP contribution in [-0.2, 0) is 11.4 Å². The van der Waals surface area contributed by atoms with Crippen molar-refractivity contribution in [3.05, 3.63) is 67.1 Å². The van der Waals surface area contributed by atoms with Crippen LogP contribution in [0, 0.1) is 0 Å². The van der Waals surface area contributed by atoms with Crippen molar-refractivity contribution >= 4 is 80.5 Å². The van der Waals surface area contributed by atoms with Crippen molar-refractivity contribution in [3.63, 3.8) is 0 Å². The molecule has 0 bridgehead atoms. The van der Waals surface area contributed by atoms with E-state index in [9.17, 15) is 4.79 Å². The number of nitrogens with zero attached hydrogens (tertiary/aromatic N) is 3. The molecule has 0 radical (unpaired) electrons. The number of halogens is 4. The summed E-state index contributed by atoms with van der Waals surface area (Å²) in [4.78, 5) is 14.1. The van der Waals surface area contributed by atoms with Crippen molar-refractivity contribution in [2.45, 2.75) is 12.0 Å². The number of carbonyl (C=O) groups is 1. The summed E-state index contributed by atoms with van der Waals surface area (Å²) in [6, 6.07) is 10.3. The molecule has 1 unspecified atom stereocenters. The van der Waals surface area contributed by atoms with Crippen LogP contribution >= 0.6 is 69.5 Å². The number of rotatable bonds is 5. The first-order chi connectivity index (χ1) is 13.9. The van der Waals surface area contributed by atoms with Crippen LogP contribution in [0.5, 0.6) is 5.75 Å². The van der Waals surface area contributed by atoms with Gasteiger partial charge in [0, 0.05) is 5.02 Å². The lowest BCUT2D eigenvalue weighted by Gasteiger charge is -2.21. The van der Waals surface area contributed by atoms with E-state index in [0.717, 1.165) is 5.56 Å². The molecular formula is C18H11Cl4N3O2S2. The van der Waals surface area contributed by atoms with Crippen LogP contribution in [0.25, 0.3) is 0 Å². The largest absolute Gasteiger partial charge is 0.485 e. The second kappa shape index (κ2) is 8.88. The zero-order valence-electron chi connectivity index (χ0n) is 14.4. The Bertz CT molecular complexity index is 1080. The van der Waals surface area contributed by atoms with Crippen LogP contribution in [0.15, 0.2) is 36.4 Å². The Labute approximate surface area is 194 Å². The highest BCUT2D eigenvalue weighted by molar-refractivity contribution is 8.00. The van der Waals surface area contributed by atoms with E-state index < -0.39 is 0 Å². The molecule has 0 aliphatic carbocycles. The van der Waals surface area contributed by atoms with Gasteiger partial charge in [-0.1, -0.05) is 63.8 Å². The van der Waals surface area contributed by atoms with Crippen molar-refractivity contribution in [3.8, 4) is 5.75 Å². The summed E-state index contributed by atoms with van der Waals surface area (Å²) in [5.41, 5.74) is 0.871. The van der Waals surface area contributed by atoms with E-state index in [1.165, 1.54) is 23.1 Å².